The van der Waals surface area contributed by atoms with Crippen LogP contribution in [0.25, 0.3) is 0 Å². The summed E-state index contributed by atoms with van der Waals surface area (Å²) in [5.74, 6) is 0. The molecule has 0 radical (unpaired) electrons. The molecule has 0 spiro atoms. The van der Waals surface area contributed by atoms with Gasteiger partial charge in [0.1, 0.15) is 0 Å². The van der Waals surface area contributed by atoms with Gasteiger partial charge in [-0.2, -0.15) is 5.26 Å². The van der Waals surface area contributed by atoms with Crippen LogP contribution in [0.5, 0.6) is 0 Å². The Hall–Kier alpha value is -1.53. The highest BCUT2D eigenvalue weighted by Crippen LogP contribution is 2.17. The van der Waals surface area contributed by atoms with Gasteiger partial charge in [-0.05, 0) is 24.6 Å². The third kappa shape index (κ3) is 2.97. The summed E-state index contributed by atoms with van der Waals surface area (Å²) in [6, 6.07) is 10.1. The summed E-state index contributed by atoms with van der Waals surface area (Å²) >= 11 is 0. The van der Waals surface area contributed by atoms with E-state index in [2.05, 4.69) is 11.0 Å². The summed E-state index contributed by atoms with van der Waals surface area (Å²) in [4.78, 5) is 2.06. The second-order valence-corrected chi connectivity index (χ2v) is 3.65. The molecule has 80 valence electrons. The first-order valence-corrected chi connectivity index (χ1v) is 4.98. The third-order valence-electron chi connectivity index (χ3n) is 2.57. The molecule has 1 N–H and O–H groups in total. The van der Waals surface area contributed by atoms with Crippen LogP contribution in [0.2, 0.25) is 0 Å². The fraction of sp³-hybridized carbons (Fsp3) is 0.417. The summed E-state index contributed by atoms with van der Waals surface area (Å²) < 4.78 is 0. The standard InChI is InChI=1S/C12H16N2O/c1-10(7-8-13)14(2)12-5-3-11(9-15)4-6-12/h3-6,10,15H,7,9H2,1-2H3. The molecule has 1 unspecified atom stereocenters. The lowest BCUT2D eigenvalue weighted by atomic mass is 10.1. The zero-order valence-electron chi connectivity index (χ0n) is 9.14. The van der Waals surface area contributed by atoms with Crippen LogP contribution in [0, 0.1) is 11.3 Å². The van der Waals surface area contributed by atoms with Gasteiger partial charge in [0.15, 0.2) is 0 Å². The number of aliphatic hydroxyl groups is 1. The Bertz CT molecular complexity index is 340. The molecule has 1 aromatic carbocycles. The van der Waals surface area contributed by atoms with E-state index in [1.165, 1.54) is 0 Å². The minimum absolute atomic E-state index is 0.0672. The smallest absolute Gasteiger partial charge is 0.0681 e. The van der Waals surface area contributed by atoms with E-state index in [4.69, 9.17) is 10.4 Å². The molecule has 1 aromatic rings. The molecule has 3 nitrogen and oxygen atoms in total. The number of nitrogens with zero attached hydrogens (tertiary/aromatic N) is 2. The van der Waals surface area contributed by atoms with E-state index in [-0.39, 0.29) is 12.6 Å². The average Bonchev–Trinajstić information content (AvgIpc) is 2.28. The van der Waals surface area contributed by atoms with E-state index in [1.54, 1.807) is 0 Å². The second-order valence-electron chi connectivity index (χ2n) is 3.65. The Morgan fingerprint density at radius 2 is 2.00 bits per heavy atom. The number of rotatable bonds is 4. The third-order valence-corrected chi connectivity index (χ3v) is 2.57. The van der Waals surface area contributed by atoms with E-state index >= 15 is 0 Å². The molecule has 3 heteroatoms. The van der Waals surface area contributed by atoms with Crippen LogP contribution in [0.1, 0.15) is 18.9 Å². The van der Waals surface area contributed by atoms with Crippen molar-refractivity contribution in [1.82, 2.24) is 0 Å². The number of nitriles is 1. The summed E-state index contributed by atoms with van der Waals surface area (Å²) in [5.41, 5.74) is 1.97. The fourth-order valence-electron chi connectivity index (χ4n) is 1.36. The molecule has 0 fully saturated rings. The van der Waals surface area contributed by atoms with Gasteiger partial charge >= 0.3 is 0 Å². The minimum Gasteiger partial charge on any atom is -0.392 e. The van der Waals surface area contributed by atoms with Gasteiger partial charge in [0.25, 0.3) is 0 Å². The van der Waals surface area contributed by atoms with Crippen molar-refractivity contribution in [3.05, 3.63) is 29.8 Å². The zero-order chi connectivity index (χ0) is 11.3. The first-order chi connectivity index (χ1) is 7.19. The average molecular weight is 204 g/mol. The SMILES string of the molecule is CC(CC#N)N(C)c1ccc(CO)cc1. The van der Waals surface area contributed by atoms with Gasteiger partial charge in [-0.15, -0.1) is 0 Å². The normalized spacial score (nSPS) is 11.9. The molecular formula is C12H16N2O. The lowest BCUT2D eigenvalue weighted by Gasteiger charge is -2.25. The van der Waals surface area contributed by atoms with Gasteiger partial charge in [-0.25, -0.2) is 0 Å². The highest BCUT2D eigenvalue weighted by atomic mass is 16.3. The van der Waals surface area contributed by atoms with Crippen molar-refractivity contribution in [2.24, 2.45) is 0 Å². The minimum atomic E-state index is 0.0672. The molecule has 0 aliphatic heterocycles. The predicted molar refractivity (Wildman–Crippen MR) is 60.5 cm³/mol. The highest BCUT2D eigenvalue weighted by Gasteiger charge is 2.08. The molecule has 1 rings (SSSR count). The van der Waals surface area contributed by atoms with Gasteiger partial charge in [0.2, 0.25) is 0 Å². The first kappa shape index (κ1) is 11.5. The van der Waals surface area contributed by atoms with Gasteiger partial charge in [0, 0.05) is 18.8 Å². The van der Waals surface area contributed by atoms with Crippen LogP contribution in [-0.2, 0) is 6.61 Å². The van der Waals surface area contributed by atoms with Crippen LogP contribution in [0.3, 0.4) is 0 Å². The molecule has 1 atom stereocenters. The number of hydrogen-bond acceptors (Lipinski definition) is 3. The summed E-state index contributed by atoms with van der Waals surface area (Å²) in [6.45, 7) is 2.08. The molecule has 0 saturated heterocycles. The molecule has 0 bridgehead atoms. The summed E-state index contributed by atoms with van der Waals surface area (Å²) in [6.07, 6.45) is 0.512. The summed E-state index contributed by atoms with van der Waals surface area (Å²) in [5, 5.41) is 17.5. The van der Waals surface area contributed by atoms with E-state index in [0.717, 1.165) is 11.3 Å². The Morgan fingerprint density at radius 1 is 1.40 bits per heavy atom. The van der Waals surface area contributed by atoms with Crippen molar-refractivity contribution >= 4 is 5.69 Å². The van der Waals surface area contributed by atoms with Crippen LogP contribution >= 0.6 is 0 Å². The zero-order valence-corrected chi connectivity index (χ0v) is 9.14. The maximum Gasteiger partial charge on any atom is 0.0681 e. The quantitative estimate of drug-likeness (QED) is 0.815. The Morgan fingerprint density at radius 3 is 2.47 bits per heavy atom. The first-order valence-electron chi connectivity index (χ1n) is 4.98. The Balaban J connectivity index is 2.74. The van der Waals surface area contributed by atoms with E-state index in [0.29, 0.717) is 6.42 Å². The topological polar surface area (TPSA) is 47.3 Å². The van der Waals surface area contributed by atoms with Gasteiger partial charge in [-0.3, -0.25) is 0 Å². The van der Waals surface area contributed by atoms with Gasteiger partial charge < -0.3 is 10.0 Å². The number of benzene rings is 1. The number of hydrogen-bond donors (Lipinski definition) is 1. The molecule has 0 aromatic heterocycles. The highest BCUT2D eigenvalue weighted by molar-refractivity contribution is 5.47. The van der Waals surface area contributed by atoms with Gasteiger partial charge in [-0.1, -0.05) is 12.1 Å². The predicted octanol–water partition coefficient (Wildman–Crippen LogP) is 1.92. The molecule has 15 heavy (non-hydrogen) atoms. The monoisotopic (exact) mass is 204 g/mol. The fourth-order valence-corrected chi connectivity index (χ4v) is 1.36. The van der Waals surface area contributed by atoms with E-state index in [1.807, 2.05) is 38.2 Å². The van der Waals surface area contributed by atoms with Crippen LogP contribution in [0.15, 0.2) is 24.3 Å². The number of anilines is 1. The lowest BCUT2D eigenvalue weighted by Crippen LogP contribution is -2.28. The van der Waals surface area contributed by atoms with Crippen LogP contribution in [-0.4, -0.2) is 18.2 Å². The van der Waals surface area contributed by atoms with E-state index in [9.17, 15) is 0 Å². The Kier molecular flexibility index (Phi) is 4.14. The molecule has 0 aliphatic rings. The molecular weight excluding hydrogens is 188 g/mol. The Labute approximate surface area is 90.6 Å². The van der Waals surface area contributed by atoms with Crippen molar-refractivity contribution in [3.63, 3.8) is 0 Å². The van der Waals surface area contributed by atoms with Crippen LogP contribution < -0.4 is 4.90 Å². The lowest BCUT2D eigenvalue weighted by molar-refractivity contribution is 0.282. The van der Waals surface area contributed by atoms with Crippen molar-refractivity contribution in [2.75, 3.05) is 11.9 Å². The van der Waals surface area contributed by atoms with Crippen molar-refractivity contribution in [3.8, 4) is 6.07 Å². The maximum atomic E-state index is 8.90. The molecule has 0 saturated carbocycles. The maximum absolute atomic E-state index is 8.90. The number of aliphatic hydroxyl groups excluding tert-OH is 1. The second kappa shape index (κ2) is 5.38. The summed E-state index contributed by atoms with van der Waals surface area (Å²) in [7, 11) is 1.97. The van der Waals surface area contributed by atoms with Crippen molar-refractivity contribution in [2.45, 2.75) is 26.0 Å². The van der Waals surface area contributed by atoms with E-state index < -0.39 is 0 Å². The molecule has 0 amide bonds. The molecule has 0 heterocycles. The van der Waals surface area contributed by atoms with Gasteiger partial charge in [0.05, 0.1) is 19.1 Å². The van der Waals surface area contributed by atoms with Crippen molar-refractivity contribution < 1.29 is 5.11 Å². The largest absolute Gasteiger partial charge is 0.392 e. The molecule has 0 aliphatic carbocycles. The van der Waals surface area contributed by atoms with Crippen molar-refractivity contribution in [1.29, 1.82) is 5.26 Å². The van der Waals surface area contributed by atoms with Crippen LogP contribution in [0.4, 0.5) is 5.69 Å².